The van der Waals surface area contributed by atoms with Gasteiger partial charge >= 0.3 is 11.7 Å². The van der Waals surface area contributed by atoms with E-state index in [1.807, 2.05) is 0 Å². The van der Waals surface area contributed by atoms with Crippen molar-refractivity contribution in [3.8, 4) is 0 Å². The quantitative estimate of drug-likeness (QED) is 0.526. The van der Waals surface area contributed by atoms with Crippen LogP contribution < -0.4 is 11.4 Å². The fourth-order valence-corrected chi connectivity index (χ4v) is 1.90. The van der Waals surface area contributed by atoms with E-state index in [-0.39, 0.29) is 11.4 Å². The molecule has 0 radical (unpaired) electrons. The Morgan fingerprint density at radius 2 is 2.38 bits per heavy atom. The van der Waals surface area contributed by atoms with Gasteiger partial charge in [0.15, 0.2) is 5.16 Å². The zero-order valence-corrected chi connectivity index (χ0v) is 10.1. The summed E-state index contributed by atoms with van der Waals surface area (Å²) in [6.07, 6.45) is 0. The third-order valence-electron chi connectivity index (χ3n) is 1.99. The minimum absolute atomic E-state index is 0.276. The average Bonchev–Trinajstić information content (AvgIpc) is 2.56. The van der Waals surface area contributed by atoms with E-state index in [2.05, 4.69) is 14.9 Å². The van der Waals surface area contributed by atoms with Crippen LogP contribution >= 0.6 is 11.8 Å². The van der Waals surface area contributed by atoms with Gasteiger partial charge in [0, 0.05) is 12.8 Å². The molecule has 0 aliphatic rings. The normalized spacial score (nSPS) is 14.5. The van der Waals surface area contributed by atoms with Gasteiger partial charge in [-0.05, 0) is 6.92 Å². The topological polar surface area (TPSA) is 103 Å². The third kappa shape index (κ3) is 2.64. The van der Waals surface area contributed by atoms with E-state index in [0.717, 1.165) is 0 Å². The van der Waals surface area contributed by atoms with Crippen molar-refractivity contribution in [2.24, 2.45) is 12.8 Å². The van der Waals surface area contributed by atoms with Gasteiger partial charge in [0.2, 0.25) is 0 Å². The number of esters is 1. The predicted octanol–water partition coefficient (Wildman–Crippen LogP) is -0.909. The van der Waals surface area contributed by atoms with Gasteiger partial charge in [-0.15, -0.1) is 5.10 Å². The molecule has 1 aromatic rings. The highest BCUT2D eigenvalue weighted by atomic mass is 32.2. The third-order valence-corrected chi connectivity index (χ3v) is 3.36. The lowest BCUT2D eigenvalue weighted by Gasteiger charge is -2.20. The number of aromatic nitrogens is 3. The van der Waals surface area contributed by atoms with Gasteiger partial charge in [-0.25, -0.2) is 9.89 Å². The summed E-state index contributed by atoms with van der Waals surface area (Å²) in [6.45, 7) is 1.57. The molecule has 1 heterocycles. The van der Waals surface area contributed by atoms with Crippen molar-refractivity contribution in [1.29, 1.82) is 0 Å². The summed E-state index contributed by atoms with van der Waals surface area (Å²) < 4.78 is 5.91. The van der Waals surface area contributed by atoms with Crippen LogP contribution in [0.3, 0.4) is 0 Å². The lowest BCUT2D eigenvalue weighted by Crippen LogP contribution is -2.48. The summed E-state index contributed by atoms with van der Waals surface area (Å²) in [7, 11) is 2.86. The molecule has 1 rings (SSSR count). The first-order valence-corrected chi connectivity index (χ1v) is 5.48. The molecule has 0 fully saturated rings. The maximum absolute atomic E-state index is 11.3. The predicted molar refractivity (Wildman–Crippen MR) is 59.2 cm³/mol. The first-order chi connectivity index (χ1) is 7.38. The average molecular weight is 246 g/mol. The van der Waals surface area contributed by atoms with Crippen molar-refractivity contribution in [1.82, 2.24) is 14.8 Å². The smallest absolute Gasteiger partial charge is 0.343 e. The van der Waals surface area contributed by atoms with E-state index < -0.39 is 11.5 Å². The number of nitrogens with two attached hydrogens (primary N) is 1. The minimum atomic E-state index is -1.10. The summed E-state index contributed by atoms with van der Waals surface area (Å²) >= 11 is 1.21. The van der Waals surface area contributed by atoms with Crippen LogP contribution in [0.5, 0.6) is 0 Å². The Morgan fingerprint density at radius 1 is 1.75 bits per heavy atom. The number of nitrogens with one attached hydrogen (secondary N) is 1. The minimum Gasteiger partial charge on any atom is -0.468 e. The summed E-state index contributed by atoms with van der Waals surface area (Å²) in [6, 6.07) is 0. The molecule has 90 valence electrons. The Balaban J connectivity index is 2.68. The second-order valence-electron chi connectivity index (χ2n) is 3.57. The van der Waals surface area contributed by atoms with Crippen molar-refractivity contribution < 1.29 is 9.53 Å². The lowest BCUT2D eigenvalue weighted by molar-refractivity contribution is -0.145. The standard InChI is InChI=1S/C8H14N4O3S/c1-8(9,5(13)15-3)4-16-7-11-10-6(14)12(7)2/h4,9H2,1-3H3,(H,10,14). The number of hydrogen-bond donors (Lipinski definition) is 2. The second-order valence-corrected chi connectivity index (χ2v) is 4.51. The van der Waals surface area contributed by atoms with Crippen molar-refractivity contribution in [2.75, 3.05) is 12.9 Å². The van der Waals surface area contributed by atoms with Gasteiger partial charge in [-0.2, -0.15) is 0 Å². The van der Waals surface area contributed by atoms with Crippen molar-refractivity contribution in [3.05, 3.63) is 10.5 Å². The molecule has 0 saturated heterocycles. The lowest BCUT2D eigenvalue weighted by atomic mass is 10.1. The number of carbonyl (C=O) groups excluding carboxylic acids is 1. The van der Waals surface area contributed by atoms with Crippen LogP contribution in [-0.2, 0) is 16.6 Å². The van der Waals surface area contributed by atoms with Crippen molar-refractivity contribution in [2.45, 2.75) is 17.6 Å². The van der Waals surface area contributed by atoms with Gasteiger partial charge in [0.05, 0.1) is 7.11 Å². The van der Waals surface area contributed by atoms with Gasteiger partial charge < -0.3 is 10.5 Å². The van der Waals surface area contributed by atoms with Gasteiger partial charge in [0.1, 0.15) is 5.54 Å². The number of hydrogen-bond acceptors (Lipinski definition) is 6. The number of methoxy groups -OCH3 is 1. The molecule has 0 aliphatic carbocycles. The number of rotatable bonds is 4. The molecule has 7 nitrogen and oxygen atoms in total. The monoisotopic (exact) mass is 246 g/mol. The molecule has 16 heavy (non-hydrogen) atoms. The van der Waals surface area contributed by atoms with E-state index in [1.54, 1.807) is 14.0 Å². The molecule has 0 aromatic carbocycles. The van der Waals surface area contributed by atoms with Crippen molar-refractivity contribution in [3.63, 3.8) is 0 Å². The van der Waals surface area contributed by atoms with Crippen LogP contribution in [-0.4, -0.2) is 39.1 Å². The maximum atomic E-state index is 11.3. The van der Waals surface area contributed by atoms with E-state index in [0.29, 0.717) is 5.16 Å². The van der Waals surface area contributed by atoms with Crippen LogP contribution in [0.1, 0.15) is 6.92 Å². The number of ether oxygens (including phenoxy) is 1. The summed E-state index contributed by atoms with van der Waals surface area (Å²) in [5.74, 6) is -0.224. The number of nitrogens with zero attached hydrogens (tertiary/aromatic N) is 2. The van der Waals surface area contributed by atoms with E-state index in [9.17, 15) is 9.59 Å². The molecule has 3 N–H and O–H groups in total. The Kier molecular flexibility index (Phi) is 3.76. The molecule has 1 atom stereocenters. The zero-order chi connectivity index (χ0) is 12.3. The molecule has 0 aliphatic heterocycles. The van der Waals surface area contributed by atoms with E-state index in [1.165, 1.54) is 23.4 Å². The van der Waals surface area contributed by atoms with Crippen LogP contribution in [0.15, 0.2) is 9.95 Å². The molecular weight excluding hydrogens is 232 g/mol. The zero-order valence-electron chi connectivity index (χ0n) is 9.31. The Morgan fingerprint density at radius 3 is 2.81 bits per heavy atom. The SMILES string of the molecule is COC(=O)C(C)(N)CSc1n[nH]c(=O)n1C. The van der Waals surface area contributed by atoms with Gasteiger partial charge in [-0.1, -0.05) is 11.8 Å². The Bertz CT molecular complexity index is 437. The summed E-state index contributed by atoms with van der Waals surface area (Å²) in [4.78, 5) is 22.4. The molecule has 8 heteroatoms. The number of thioether (sulfide) groups is 1. The molecule has 0 saturated carbocycles. The molecule has 0 bridgehead atoms. The Labute approximate surface area is 96.3 Å². The molecule has 1 unspecified atom stereocenters. The molecule has 1 aromatic heterocycles. The maximum Gasteiger partial charge on any atom is 0.343 e. The fourth-order valence-electron chi connectivity index (χ4n) is 0.968. The molecular formula is C8H14N4O3S. The van der Waals surface area contributed by atoms with E-state index >= 15 is 0 Å². The number of H-pyrrole nitrogens is 1. The van der Waals surface area contributed by atoms with Crippen LogP contribution in [0.25, 0.3) is 0 Å². The largest absolute Gasteiger partial charge is 0.468 e. The fraction of sp³-hybridized carbons (Fsp3) is 0.625. The second kappa shape index (κ2) is 4.71. The van der Waals surface area contributed by atoms with E-state index in [4.69, 9.17) is 5.73 Å². The summed E-state index contributed by atoms with van der Waals surface area (Å²) in [5, 5.41) is 6.56. The van der Waals surface area contributed by atoms with Gasteiger partial charge in [-0.3, -0.25) is 9.36 Å². The highest BCUT2D eigenvalue weighted by Gasteiger charge is 2.30. The van der Waals surface area contributed by atoms with Crippen molar-refractivity contribution >= 4 is 17.7 Å². The first-order valence-electron chi connectivity index (χ1n) is 4.50. The van der Waals surface area contributed by atoms with Crippen LogP contribution in [0.2, 0.25) is 0 Å². The molecule has 0 amide bonds. The van der Waals surface area contributed by atoms with Crippen LogP contribution in [0, 0.1) is 0 Å². The number of aromatic amines is 1. The highest BCUT2D eigenvalue weighted by Crippen LogP contribution is 2.18. The molecule has 0 spiro atoms. The Hall–Kier alpha value is -1.28. The van der Waals surface area contributed by atoms with Crippen LogP contribution in [0.4, 0.5) is 0 Å². The number of carbonyl (C=O) groups is 1. The summed E-state index contributed by atoms with van der Waals surface area (Å²) in [5.41, 5.74) is 4.35. The first kappa shape index (κ1) is 12.8. The highest BCUT2D eigenvalue weighted by molar-refractivity contribution is 7.99. The van der Waals surface area contributed by atoms with Gasteiger partial charge in [0.25, 0.3) is 0 Å².